The van der Waals surface area contributed by atoms with Crippen LogP contribution < -0.4 is 11.1 Å². The Balaban J connectivity index is 2.45. The van der Waals surface area contributed by atoms with Gasteiger partial charge in [0.05, 0.1) is 5.54 Å². The predicted octanol–water partition coefficient (Wildman–Crippen LogP) is 0.786. The van der Waals surface area contributed by atoms with E-state index in [1.165, 1.54) is 0 Å². The average molecular weight is 194 g/mol. The maximum absolute atomic E-state index is 11.7. The molecule has 0 aliphatic heterocycles. The van der Waals surface area contributed by atoms with Gasteiger partial charge in [-0.1, -0.05) is 12.8 Å². The van der Waals surface area contributed by atoms with Gasteiger partial charge in [0, 0.05) is 12.5 Å². The van der Waals surface area contributed by atoms with Gasteiger partial charge in [-0.05, 0) is 19.8 Å². The molecule has 1 rings (SSSR count). The molecule has 3 nitrogen and oxygen atoms in total. The van der Waals surface area contributed by atoms with Crippen molar-refractivity contribution in [1.29, 1.82) is 0 Å². The number of amides is 1. The van der Waals surface area contributed by atoms with E-state index in [2.05, 4.69) is 11.2 Å². The molecular weight excluding hydrogens is 176 g/mol. The van der Waals surface area contributed by atoms with Crippen LogP contribution in [0.3, 0.4) is 0 Å². The fraction of sp³-hybridized carbons (Fsp3) is 0.727. The number of terminal acetylenes is 1. The van der Waals surface area contributed by atoms with Gasteiger partial charge in [0.1, 0.15) is 0 Å². The molecule has 1 fully saturated rings. The number of hydrogen-bond acceptors (Lipinski definition) is 2. The van der Waals surface area contributed by atoms with E-state index >= 15 is 0 Å². The molecule has 0 heterocycles. The Morgan fingerprint density at radius 3 is 2.71 bits per heavy atom. The number of carbonyl (C=O) groups is 1. The second kappa shape index (κ2) is 4.47. The Bertz CT molecular complexity index is 249. The molecule has 1 unspecified atom stereocenters. The molecule has 1 amide bonds. The minimum Gasteiger partial charge on any atom is -0.351 e. The summed E-state index contributed by atoms with van der Waals surface area (Å²) in [5, 5.41) is 2.86. The van der Waals surface area contributed by atoms with E-state index in [4.69, 9.17) is 12.2 Å². The van der Waals surface area contributed by atoms with Gasteiger partial charge in [-0.3, -0.25) is 4.79 Å². The third kappa shape index (κ3) is 2.49. The minimum atomic E-state index is -0.636. The Kier molecular flexibility index (Phi) is 3.54. The third-order valence-corrected chi connectivity index (χ3v) is 2.75. The maximum Gasteiger partial charge on any atom is 0.240 e. The van der Waals surface area contributed by atoms with E-state index in [9.17, 15) is 4.79 Å². The Morgan fingerprint density at radius 2 is 2.21 bits per heavy atom. The van der Waals surface area contributed by atoms with Crippen molar-refractivity contribution in [2.24, 2.45) is 5.73 Å². The van der Waals surface area contributed by atoms with Crippen molar-refractivity contribution in [3.05, 3.63) is 0 Å². The summed E-state index contributed by atoms with van der Waals surface area (Å²) in [6.45, 7) is 1.90. The first-order valence-electron chi connectivity index (χ1n) is 5.12. The Hall–Kier alpha value is -1.01. The molecule has 14 heavy (non-hydrogen) atoms. The Morgan fingerprint density at radius 1 is 1.64 bits per heavy atom. The van der Waals surface area contributed by atoms with Crippen molar-refractivity contribution in [3.63, 3.8) is 0 Å². The topological polar surface area (TPSA) is 55.1 Å². The zero-order valence-electron chi connectivity index (χ0n) is 8.68. The second-order valence-electron chi connectivity index (χ2n) is 4.15. The standard InChI is InChI=1S/C11H18N2O/c1-3-6-9(2)13-10(14)11(12)7-4-5-8-11/h1,9H,4-8,12H2,2H3,(H,13,14). The van der Waals surface area contributed by atoms with Crippen LogP contribution in [0.4, 0.5) is 0 Å². The van der Waals surface area contributed by atoms with Crippen LogP contribution in [0.15, 0.2) is 0 Å². The fourth-order valence-electron chi connectivity index (χ4n) is 1.83. The summed E-state index contributed by atoms with van der Waals surface area (Å²) >= 11 is 0. The molecule has 0 spiro atoms. The van der Waals surface area contributed by atoms with Gasteiger partial charge in [0.25, 0.3) is 0 Å². The van der Waals surface area contributed by atoms with E-state index < -0.39 is 5.54 Å². The van der Waals surface area contributed by atoms with Crippen molar-refractivity contribution in [2.75, 3.05) is 0 Å². The molecule has 0 aromatic carbocycles. The summed E-state index contributed by atoms with van der Waals surface area (Å²) in [4.78, 5) is 11.7. The van der Waals surface area contributed by atoms with Crippen LogP contribution in [0.25, 0.3) is 0 Å². The third-order valence-electron chi connectivity index (χ3n) is 2.75. The lowest BCUT2D eigenvalue weighted by Gasteiger charge is -2.24. The van der Waals surface area contributed by atoms with Crippen molar-refractivity contribution in [3.8, 4) is 12.3 Å². The van der Waals surface area contributed by atoms with Crippen molar-refractivity contribution < 1.29 is 4.79 Å². The lowest BCUT2D eigenvalue weighted by molar-refractivity contribution is -0.126. The Labute approximate surface area is 85.4 Å². The highest BCUT2D eigenvalue weighted by Crippen LogP contribution is 2.27. The molecule has 0 saturated heterocycles. The highest BCUT2D eigenvalue weighted by molar-refractivity contribution is 5.86. The normalized spacial score (nSPS) is 21.2. The molecule has 1 aliphatic carbocycles. The number of hydrogen-bond donors (Lipinski definition) is 2. The van der Waals surface area contributed by atoms with Crippen molar-refractivity contribution >= 4 is 5.91 Å². The van der Waals surface area contributed by atoms with Crippen LogP contribution in [-0.4, -0.2) is 17.5 Å². The molecule has 1 saturated carbocycles. The van der Waals surface area contributed by atoms with Gasteiger partial charge >= 0.3 is 0 Å². The van der Waals surface area contributed by atoms with Crippen LogP contribution in [0.5, 0.6) is 0 Å². The highest BCUT2D eigenvalue weighted by atomic mass is 16.2. The molecule has 0 radical (unpaired) electrons. The zero-order valence-corrected chi connectivity index (χ0v) is 8.68. The first-order chi connectivity index (χ1) is 6.58. The van der Waals surface area contributed by atoms with E-state index in [1.54, 1.807) is 0 Å². The first-order valence-corrected chi connectivity index (χ1v) is 5.12. The van der Waals surface area contributed by atoms with Crippen molar-refractivity contribution in [1.82, 2.24) is 5.32 Å². The quantitative estimate of drug-likeness (QED) is 0.652. The monoisotopic (exact) mass is 194 g/mol. The fourth-order valence-corrected chi connectivity index (χ4v) is 1.83. The molecule has 78 valence electrons. The van der Waals surface area contributed by atoms with Crippen molar-refractivity contribution in [2.45, 2.75) is 50.6 Å². The number of rotatable bonds is 3. The molecule has 0 aromatic heterocycles. The second-order valence-corrected chi connectivity index (χ2v) is 4.15. The van der Waals surface area contributed by atoms with E-state index in [0.717, 1.165) is 25.7 Å². The summed E-state index contributed by atoms with van der Waals surface area (Å²) in [5.41, 5.74) is 5.35. The summed E-state index contributed by atoms with van der Waals surface area (Å²) in [7, 11) is 0. The molecular formula is C11H18N2O. The number of nitrogens with one attached hydrogen (secondary N) is 1. The lowest BCUT2D eigenvalue weighted by atomic mass is 9.97. The molecule has 1 aliphatic rings. The van der Waals surface area contributed by atoms with Gasteiger partial charge in [0.2, 0.25) is 5.91 Å². The summed E-state index contributed by atoms with van der Waals surface area (Å²) in [6, 6.07) is 0.0218. The predicted molar refractivity (Wildman–Crippen MR) is 56.4 cm³/mol. The molecule has 1 atom stereocenters. The molecule has 3 heteroatoms. The summed E-state index contributed by atoms with van der Waals surface area (Å²) in [6.07, 6.45) is 9.40. The first kappa shape index (κ1) is 11.1. The molecule has 0 aromatic rings. The van der Waals surface area contributed by atoms with E-state index in [0.29, 0.717) is 6.42 Å². The summed E-state index contributed by atoms with van der Waals surface area (Å²) < 4.78 is 0. The number of nitrogens with two attached hydrogens (primary N) is 1. The van der Waals surface area contributed by atoms with Gasteiger partial charge in [-0.2, -0.15) is 0 Å². The smallest absolute Gasteiger partial charge is 0.240 e. The van der Waals surface area contributed by atoms with E-state index in [-0.39, 0.29) is 11.9 Å². The van der Waals surface area contributed by atoms with Gasteiger partial charge in [-0.15, -0.1) is 12.3 Å². The maximum atomic E-state index is 11.7. The van der Waals surface area contributed by atoms with Gasteiger partial charge in [0.15, 0.2) is 0 Å². The van der Waals surface area contributed by atoms with Crippen LogP contribution in [0.2, 0.25) is 0 Å². The minimum absolute atomic E-state index is 0.0218. The van der Waals surface area contributed by atoms with Gasteiger partial charge < -0.3 is 11.1 Å². The SMILES string of the molecule is C#CCC(C)NC(=O)C1(N)CCCC1. The largest absolute Gasteiger partial charge is 0.351 e. The number of carbonyl (C=O) groups excluding carboxylic acids is 1. The van der Waals surface area contributed by atoms with Gasteiger partial charge in [-0.25, -0.2) is 0 Å². The lowest BCUT2D eigenvalue weighted by Crippen LogP contribution is -2.53. The van der Waals surface area contributed by atoms with Crippen LogP contribution >= 0.6 is 0 Å². The summed E-state index contributed by atoms with van der Waals surface area (Å²) in [5.74, 6) is 2.48. The zero-order chi connectivity index (χ0) is 10.6. The molecule has 3 N–H and O–H groups in total. The molecule has 0 bridgehead atoms. The van der Waals surface area contributed by atoms with E-state index in [1.807, 2.05) is 6.92 Å². The average Bonchev–Trinajstić information content (AvgIpc) is 2.54. The highest BCUT2D eigenvalue weighted by Gasteiger charge is 2.37. The van der Waals surface area contributed by atoms with Crippen LogP contribution in [-0.2, 0) is 4.79 Å². The van der Waals surface area contributed by atoms with Crippen LogP contribution in [0, 0.1) is 12.3 Å². The van der Waals surface area contributed by atoms with Crippen LogP contribution in [0.1, 0.15) is 39.0 Å².